The SMILES string of the molecule is O=C(O)c1ccccc1[O-].O=C(O)c1ccccc1[O-].O=C(O)c1ccccc1[O-].[Cl-].[Cl-].[Cl-].[Fe+3].[Fe+3]. The molecule has 0 aliphatic rings. The maximum absolute atomic E-state index is 10.7. The van der Waals surface area contributed by atoms with E-state index in [1.165, 1.54) is 72.8 Å². The van der Waals surface area contributed by atoms with Gasteiger partial charge in [-0.15, -0.1) is 0 Å². The Morgan fingerprint density at radius 3 is 0.743 bits per heavy atom. The van der Waals surface area contributed by atoms with Crippen molar-refractivity contribution >= 4 is 17.9 Å². The quantitative estimate of drug-likeness (QED) is 0.237. The Kier molecular flexibility index (Phi) is 26.6. The first-order chi connectivity index (χ1) is 14.1. The van der Waals surface area contributed by atoms with E-state index in [0.717, 1.165) is 0 Å². The molecule has 14 heteroatoms. The number of rotatable bonds is 3. The molecule has 0 aliphatic heterocycles. The van der Waals surface area contributed by atoms with Gasteiger partial charge in [0.25, 0.3) is 0 Å². The summed E-state index contributed by atoms with van der Waals surface area (Å²) in [6.07, 6.45) is 0. The molecule has 3 aromatic rings. The summed E-state index contributed by atoms with van der Waals surface area (Å²) in [5, 5.41) is 57.1. The first kappa shape index (κ1) is 42.5. The monoisotopic (exact) mass is 628 g/mol. The molecule has 0 spiro atoms. The van der Waals surface area contributed by atoms with E-state index in [1.54, 1.807) is 0 Å². The molecule has 3 aromatic carbocycles. The number of halogens is 3. The summed E-state index contributed by atoms with van der Waals surface area (Å²) >= 11 is 0. The molecule has 0 saturated carbocycles. The van der Waals surface area contributed by atoms with Crippen LogP contribution < -0.4 is 52.5 Å². The summed E-state index contributed by atoms with van der Waals surface area (Å²) in [5.74, 6) is -4.87. The van der Waals surface area contributed by atoms with Crippen molar-refractivity contribution in [3.8, 4) is 17.2 Å². The summed E-state index contributed by atoms with van der Waals surface area (Å²) in [5.41, 5.74) is -0.535. The van der Waals surface area contributed by atoms with Gasteiger partial charge in [0.2, 0.25) is 0 Å². The van der Waals surface area contributed by atoms with Gasteiger partial charge in [0.05, 0.1) is 16.7 Å². The second-order valence-corrected chi connectivity index (χ2v) is 5.40. The Morgan fingerprint density at radius 2 is 0.629 bits per heavy atom. The number of carbonyl (C=O) groups is 3. The van der Waals surface area contributed by atoms with E-state index in [2.05, 4.69) is 0 Å². The van der Waals surface area contributed by atoms with Crippen LogP contribution in [0.1, 0.15) is 31.1 Å². The summed E-state index contributed by atoms with van der Waals surface area (Å²) in [6.45, 7) is 0. The number of para-hydroxylation sites is 3. The van der Waals surface area contributed by atoms with Crippen molar-refractivity contribution in [2.45, 2.75) is 0 Å². The van der Waals surface area contributed by atoms with Gasteiger partial charge in [0.15, 0.2) is 0 Å². The zero-order valence-electron chi connectivity index (χ0n) is 17.1. The van der Waals surface area contributed by atoms with Gasteiger partial charge >= 0.3 is 52.0 Å². The maximum Gasteiger partial charge on any atom is 3.00 e. The van der Waals surface area contributed by atoms with Crippen molar-refractivity contribution in [1.82, 2.24) is 0 Å². The van der Waals surface area contributed by atoms with Crippen molar-refractivity contribution in [2.75, 3.05) is 0 Å². The second-order valence-electron chi connectivity index (χ2n) is 5.40. The van der Waals surface area contributed by atoms with E-state index < -0.39 is 35.2 Å². The fourth-order valence-corrected chi connectivity index (χ4v) is 1.93. The molecule has 0 bridgehead atoms. The normalized spacial score (nSPS) is 7.89. The standard InChI is InChI=1S/3C7H6O3.3ClH.2Fe/c3*8-6-4-2-1-3-5(6)7(9)10;;;;;/h3*1-4,8H,(H,9,10);3*1H;;/q;;;;;;2*+3/p-6. The molecule has 35 heavy (non-hydrogen) atoms. The molecule has 0 aliphatic carbocycles. The van der Waals surface area contributed by atoms with E-state index in [1.807, 2.05) is 0 Å². The third-order valence-electron chi connectivity index (χ3n) is 3.35. The van der Waals surface area contributed by atoms with Gasteiger partial charge in [-0.2, -0.15) is 0 Å². The van der Waals surface area contributed by atoms with Crippen LogP contribution >= 0.6 is 0 Å². The van der Waals surface area contributed by atoms with E-state index >= 15 is 0 Å². The Morgan fingerprint density at radius 1 is 0.457 bits per heavy atom. The second kappa shape index (κ2) is 21.9. The van der Waals surface area contributed by atoms with Crippen LogP contribution in [0, 0.1) is 0 Å². The van der Waals surface area contributed by atoms with Crippen LogP contribution in [0.5, 0.6) is 17.2 Å². The van der Waals surface area contributed by atoms with Crippen LogP contribution in [0.2, 0.25) is 0 Å². The minimum absolute atomic E-state index is 0. The van der Waals surface area contributed by atoms with Crippen LogP contribution in [0.15, 0.2) is 72.8 Å². The number of carboxylic acids is 3. The number of hydrogen-bond donors (Lipinski definition) is 3. The van der Waals surface area contributed by atoms with Crippen LogP contribution in [0.4, 0.5) is 0 Å². The maximum atomic E-state index is 10.7. The smallest absolute Gasteiger partial charge is 1.00 e. The topological polar surface area (TPSA) is 181 Å². The first-order valence-corrected chi connectivity index (χ1v) is 8.13. The van der Waals surface area contributed by atoms with Gasteiger partial charge < -0.3 is 67.9 Å². The zero-order valence-corrected chi connectivity index (χ0v) is 21.5. The van der Waals surface area contributed by atoms with Gasteiger partial charge in [0.1, 0.15) is 0 Å². The summed E-state index contributed by atoms with van der Waals surface area (Å²) < 4.78 is 0. The van der Waals surface area contributed by atoms with Crippen molar-refractivity contribution in [1.29, 1.82) is 0 Å². The Bertz CT molecular complexity index is 922. The van der Waals surface area contributed by atoms with Crippen LogP contribution in [-0.2, 0) is 34.1 Å². The van der Waals surface area contributed by atoms with Gasteiger partial charge in [-0.25, -0.2) is 14.4 Å². The largest absolute Gasteiger partial charge is 3.00 e. The molecule has 3 N–H and O–H groups in total. The van der Waals surface area contributed by atoms with Gasteiger partial charge in [0, 0.05) is 0 Å². The fourth-order valence-electron chi connectivity index (χ4n) is 1.93. The van der Waals surface area contributed by atoms with E-state index in [-0.39, 0.29) is 88.0 Å². The van der Waals surface area contributed by atoms with E-state index in [4.69, 9.17) is 15.3 Å². The number of benzene rings is 3. The average molecular weight is 629 g/mol. The molecule has 0 saturated heterocycles. The van der Waals surface area contributed by atoms with Gasteiger partial charge in [-0.3, -0.25) is 0 Å². The van der Waals surface area contributed by atoms with Crippen molar-refractivity contribution in [3.05, 3.63) is 89.5 Å². The predicted octanol–water partition coefficient (Wildman–Crippen LogP) is -7.62. The molecule has 190 valence electrons. The molecule has 0 unspecified atom stereocenters. The third kappa shape index (κ3) is 15.1. The Balaban J connectivity index is -0.000000120. The first-order valence-electron chi connectivity index (χ1n) is 8.13. The summed E-state index contributed by atoms with van der Waals surface area (Å²) in [6, 6.07) is 16.6. The molecule has 0 amide bonds. The minimum Gasteiger partial charge on any atom is -1.00 e. The summed E-state index contributed by atoms with van der Waals surface area (Å²) in [4.78, 5) is 30.7. The molecule has 2 radical (unpaired) electrons. The molecule has 0 atom stereocenters. The van der Waals surface area contributed by atoms with E-state index in [9.17, 15) is 29.7 Å². The molecular formula is C21H15Cl3Fe2O9. The summed E-state index contributed by atoms with van der Waals surface area (Å²) in [7, 11) is 0. The molecule has 0 fully saturated rings. The van der Waals surface area contributed by atoms with Crippen molar-refractivity contribution in [3.63, 3.8) is 0 Å². The average Bonchev–Trinajstić information content (AvgIpc) is 2.69. The molecule has 3 rings (SSSR count). The number of aromatic carboxylic acids is 3. The molecular weight excluding hydrogens is 614 g/mol. The predicted molar refractivity (Wildman–Crippen MR) is 98.5 cm³/mol. The van der Waals surface area contributed by atoms with E-state index in [0.29, 0.717) is 0 Å². The number of hydrogen-bond acceptors (Lipinski definition) is 6. The molecule has 0 heterocycles. The van der Waals surface area contributed by atoms with Crippen molar-refractivity contribution in [2.24, 2.45) is 0 Å². The molecule has 0 aromatic heterocycles. The number of carboxylic acid groups (broad SMARTS) is 3. The van der Waals surface area contributed by atoms with Crippen LogP contribution in [0.3, 0.4) is 0 Å². The Hall–Kier alpha value is -2.62. The minimum atomic E-state index is -1.18. The van der Waals surface area contributed by atoms with Crippen LogP contribution in [0.25, 0.3) is 0 Å². The van der Waals surface area contributed by atoms with Crippen molar-refractivity contribution < 1.29 is 116 Å². The fraction of sp³-hybridized carbons (Fsp3) is 0. The zero-order chi connectivity index (χ0) is 22.7. The Labute approximate surface area is 240 Å². The third-order valence-corrected chi connectivity index (χ3v) is 3.35. The molecule has 9 nitrogen and oxygen atoms in total. The van der Waals surface area contributed by atoms with Gasteiger partial charge in [-0.1, -0.05) is 71.8 Å². The van der Waals surface area contributed by atoms with Crippen LogP contribution in [-0.4, -0.2) is 33.2 Å². The van der Waals surface area contributed by atoms with Gasteiger partial charge in [-0.05, 0) is 18.2 Å².